The molecule has 3 N–H and O–H groups in total. The van der Waals surface area contributed by atoms with Crippen LogP contribution in [0.4, 0.5) is 0 Å². The lowest BCUT2D eigenvalue weighted by Crippen LogP contribution is -2.48. The number of carbonyl (C=O) groups excluding carboxylic acids is 1. The van der Waals surface area contributed by atoms with Crippen molar-refractivity contribution in [3.63, 3.8) is 0 Å². The number of aromatic nitrogens is 1. The minimum atomic E-state index is -0.405. The second kappa shape index (κ2) is 6.48. The molecule has 0 aromatic carbocycles. The van der Waals surface area contributed by atoms with Gasteiger partial charge in [-0.2, -0.15) is 0 Å². The van der Waals surface area contributed by atoms with Gasteiger partial charge in [0.05, 0.1) is 6.10 Å². The van der Waals surface area contributed by atoms with Gasteiger partial charge in [0.15, 0.2) is 10.8 Å². The van der Waals surface area contributed by atoms with Gasteiger partial charge >= 0.3 is 0 Å². The molecule has 0 spiro atoms. The van der Waals surface area contributed by atoms with Crippen LogP contribution in [-0.2, 0) is 4.74 Å². The van der Waals surface area contributed by atoms with Crippen molar-refractivity contribution in [1.29, 1.82) is 0 Å². The average Bonchev–Trinajstić information content (AvgIpc) is 3.04. The van der Waals surface area contributed by atoms with Crippen LogP contribution < -0.4 is 16.2 Å². The maximum Gasteiger partial charge on any atom is 0.291 e. The van der Waals surface area contributed by atoms with E-state index in [1.165, 1.54) is 0 Å². The van der Waals surface area contributed by atoms with Gasteiger partial charge in [0.25, 0.3) is 5.91 Å². The highest BCUT2D eigenvalue weighted by atomic mass is 32.1. The minimum Gasteiger partial charge on any atom is -0.376 e. The Balaban J connectivity index is 1.66. The molecule has 7 nitrogen and oxygen atoms in total. The Bertz CT molecular complexity index is 457. The second-order valence-corrected chi connectivity index (χ2v) is 4.66. The highest BCUT2D eigenvalue weighted by molar-refractivity contribution is 7.80. The molecule has 1 aromatic heterocycles. The molecule has 8 heteroatoms. The maximum atomic E-state index is 11.6. The smallest absolute Gasteiger partial charge is 0.291 e. The van der Waals surface area contributed by atoms with Gasteiger partial charge in [0, 0.05) is 19.2 Å². The summed E-state index contributed by atoms with van der Waals surface area (Å²) in [6.07, 6.45) is 2.29. The van der Waals surface area contributed by atoms with E-state index in [2.05, 4.69) is 21.3 Å². The van der Waals surface area contributed by atoms with Crippen molar-refractivity contribution >= 4 is 23.2 Å². The molecule has 104 valence electrons. The van der Waals surface area contributed by atoms with Gasteiger partial charge in [0.2, 0.25) is 0 Å². The second-order valence-electron chi connectivity index (χ2n) is 4.25. The van der Waals surface area contributed by atoms with E-state index >= 15 is 0 Å². The van der Waals surface area contributed by atoms with E-state index in [0.717, 1.165) is 19.4 Å². The lowest BCUT2D eigenvalue weighted by Gasteiger charge is -2.13. The Morgan fingerprint density at radius 3 is 3.05 bits per heavy atom. The molecule has 2 heterocycles. The third-order valence-electron chi connectivity index (χ3n) is 2.66. The van der Waals surface area contributed by atoms with Gasteiger partial charge in [-0.25, -0.2) is 0 Å². The first-order chi connectivity index (χ1) is 9.15. The van der Waals surface area contributed by atoms with E-state index in [0.29, 0.717) is 17.4 Å². The van der Waals surface area contributed by atoms with Crippen molar-refractivity contribution in [1.82, 2.24) is 21.3 Å². The Morgan fingerprint density at radius 2 is 2.42 bits per heavy atom. The largest absolute Gasteiger partial charge is 0.376 e. The predicted octanol–water partition coefficient (Wildman–Crippen LogP) is 0.271. The molecule has 1 atom stereocenters. The van der Waals surface area contributed by atoms with Crippen LogP contribution in [0.25, 0.3) is 0 Å². The zero-order valence-electron chi connectivity index (χ0n) is 10.6. The number of nitrogens with zero attached hydrogens (tertiary/aromatic N) is 1. The van der Waals surface area contributed by atoms with Crippen molar-refractivity contribution in [2.75, 3.05) is 13.2 Å². The summed E-state index contributed by atoms with van der Waals surface area (Å²) in [6, 6.07) is 1.54. The van der Waals surface area contributed by atoms with Crippen molar-refractivity contribution in [3.8, 4) is 0 Å². The molecule has 0 saturated carbocycles. The molecule has 1 saturated heterocycles. The lowest BCUT2D eigenvalue weighted by atomic mass is 10.2. The zero-order chi connectivity index (χ0) is 13.7. The van der Waals surface area contributed by atoms with E-state index in [1.807, 2.05) is 0 Å². The van der Waals surface area contributed by atoms with Gasteiger partial charge < -0.3 is 14.6 Å². The van der Waals surface area contributed by atoms with Crippen LogP contribution in [0, 0.1) is 6.92 Å². The highest BCUT2D eigenvalue weighted by Crippen LogP contribution is 2.10. The Labute approximate surface area is 116 Å². The van der Waals surface area contributed by atoms with Crippen LogP contribution in [0.5, 0.6) is 0 Å². The number of hydrogen-bond acceptors (Lipinski definition) is 5. The Hall–Kier alpha value is -1.67. The van der Waals surface area contributed by atoms with Gasteiger partial charge in [-0.05, 0) is 32.0 Å². The number of ether oxygens (including phenoxy) is 1. The number of carbonyl (C=O) groups is 1. The van der Waals surface area contributed by atoms with E-state index in [4.69, 9.17) is 21.5 Å². The maximum absolute atomic E-state index is 11.6. The average molecular weight is 284 g/mol. The Morgan fingerprint density at radius 1 is 1.58 bits per heavy atom. The predicted molar refractivity (Wildman–Crippen MR) is 71.4 cm³/mol. The van der Waals surface area contributed by atoms with Crippen LogP contribution in [0.15, 0.2) is 10.6 Å². The molecule has 0 bridgehead atoms. The summed E-state index contributed by atoms with van der Waals surface area (Å²) in [6.45, 7) is 3.14. The topological polar surface area (TPSA) is 88.4 Å². The summed E-state index contributed by atoms with van der Waals surface area (Å²) in [5.74, 6) is 0.169. The Kier molecular flexibility index (Phi) is 4.69. The summed E-state index contributed by atoms with van der Waals surface area (Å²) >= 11 is 5.03. The monoisotopic (exact) mass is 284 g/mol. The van der Waals surface area contributed by atoms with Crippen LogP contribution >= 0.6 is 12.2 Å². The highest BCUT2D eigenvalue weighted by Gasteiger charge is 2.15. The van der Waals surface area contributed by atoms with Crippen molar-refractivity contribution in [2.45, 2.75) is 25.9 Å². The van der Waals surface area contributed by atoms with Gasteiger partial charge in [0.1, 0.15) is 5.76 Å². The number of hydrazine groups is 1. The van der Waals surface area contributed by atoms with E-state index in [9.17, 15) is 4.79 Å². The fourth-order valence-electron chi connectivity index (χ4n) is 1.71. The molecule has 1 amide bonds. The summed E-state index contributed by atoms with van der Waals surface area (Å²) in [7, 11) is 0. The summed E-state index contributed by atoms with van der Waals surface area (Å²) < 4.78 is 10.2. The molecular formula is C11H16N4O3S. The summed E-state index contributed by atoms with van der Waals surface area (Å²) in [5.41, 5.74) is 5.23. The third kappa shape index (κ3) is 4.18. The van der Waals surface area contributed by atoms with Gasteiger partial charge in [-0.1, -0.05) is 5.16 Å². The number of aryl methyl sites for hydroxylation is 1. The first-order valence-electron chi connectivity index (χ1n) is 6.04. The van der Waals surface area contributed by atoms with Crippen LogP contribution in [0.1, 0.15) is 29.1 Å². The molecule has 0 radical (unpaired) electrons. The molecule has 1 fully saturated rings. The summed E-state index contributed by atoms with van der Waals surface area (Å²) in [4.78, 5) is 11.6. The normalized spacial score (nSPS) is 18.1. The zero-order valence-corrected chi connectivity index (χ0v) is 11.4. The van der Waals surface area contributed by atoms with Crippen molar-refractivity contribution in [3.05, 3.63) is 17.5 Å². The fourth-order valence-corrected chi connectivity index (χ4v) is 1.84. The number of hydrogen-bond donors (Lipinski definition) is 3. The van der Waals surface area contributed by atoms with E-state index < -0.39 is 5.91 Å². The number of nitrogens with one attached hydrogen (secondary N) is 3. The minimum absolute atomic E-state index is 0.189. The van der Waals surface area contributed by atoms with Crippen LogP contribution in [0.2, 0.25) is 0 Å². The van der Waals surface area contributed by atoms with Crippen molar-refractivity contribution < 1.29 is 14.1 Å². The molecular weight excluding hydrogens is 268 g/mol. The number of thiocarbonyl (C=S) groups is 1. The standard InChI is InChI=1S/C11H16N4O3S/c1-7-5-9(15-18-7)10(16)13-14-11(19)12-6-8-3-2-4-17-8/h5,8H,2-4,6H2,1H3,(H,13,16)(H2,12,14,19). The van der Waals surface area contributed by atoms with E-state index in [-0.39, 0.29) is 11.8 Å². The summed E-state index contributed by atoms with van der Waals surface area (Å²) in [5, 5.41) is 6.90. The number of rotatable bonds is 3. The third-order valence-corrected chi connectivity index (χ3v) is 2.91. The lowest BCUT2D eigenvalue weighted by molar-refractivity contribution is 0.0934. The SMILES string of the molecule is Cc1cc(C(=O)NNC(=S)NCC2CCCO2)no1. The van der Waals surface area contributed by atoms with Crippen molar-refractivity contribution in [2.24, 2.45) is 0 Å². The van der Waals surface area contributed by atoms with Crippen LogP contribution in [0.3, 0.4) is 0 Å². The first-order valence-corrected chi connectivity index (χ1v) is 6.45. The molecule has 1 aliphatic rings. The molecule has 1 unspecified atom stereocenters. The molecule has 2 rings (SSSR count). The first kappa shape index (κ1) is 13.8. The number of amides is 1. The van der Waals surface area contributed by atoms with Crippen LogP contribution in [-0.4, -0.2) is 35.4 Å². The molecule has 1 aliphatic heterocycles. The van der Waals surface area contributed by atoms with E-state index in [1.54, 1.807) is 13.0 Å². The fraction of sp³-hybridized carbons (Fsp3) is 0.545. The molecule has 0 aliphatic carbocycles. The quantitative estimate of drug-likeness (QED) is 0.542. The van der Waals surface area contributed by atoms with Gasteiger partial charge in [-0.3, -0.25) is 15.6 Å². The molecule has 1 aromatic rings. The molecule has 19 heavy (non-hydrogen) atoms. The van der Waals surface area contributed by atoms with Gasteiger partial charge in [-0.15, -0.1) is 0 Å².